The molecule has 0 radical (unpaired) electrons. The van der Waals surface area contributed by atoms with Crippen LogP contribution in [0.3, 0.4) is 0 Å². The molecule has 3 fully saturated rings. The Labute approximate surface area is 105 Å². The minimum atomic E-state index is 0.0409. The van der Waals surface area contributed by atoms with Crippen LogP contribution in [0.1, 0.15) is 65.2 Å². The van der Waals surface area contributed by atoms with Crippen LogP contribution in [0.2, 0.25) is 0 Å². The Morgan fingerprint density at radius 1 is 1.00 bits per heavy atom. The molecule has 3 rings (SSSR count). The number of hydrogen-bond donors (Lipinski definition) is 1. The number of nitrogens with one attached hydrogen (secondary N) is 1. The fourth-order valence-corrected chi connectivity index (χ4v) is 3.57. The Morgan fingerprint density at radius 2 is 1.82 bits per heavy atom. The minimum Gasteiger partial charge on any atom is -0.357 e. The van der Waals surface area contributed by atoms with E-state index in [2.05, 4.69) is 19.2 Å². The van der Waals surface area contributed by atoms with Crippen molar-refractivity contribution in [2.45, 2.75) is 77.0 Å². The molecule has 0 aromatic carbocycles. The predicted molar refractivity (Wildman–Crippen MR) is 69.8 cm³/mol. The molecule has 0 bridgehead atoms. The summed E-state index contributed by atoms with van der Waals surface area (Å²) in [7, 11) is 0. The van der Waals surface area contributed by atoms with E-state index < -0.39 is 0 Å². The van der Waals surface area contributed by atoms with Crippen LogP contribution in [0, 0.1) is 11.3 Å². The Morgan fingerprint density at radius 3 is 2.59 bits per heavy atom. The van der Waals surface area contributed by atoms with Crippen LogP contribution in [-0.4, -0.2) is 18.4 Å². The molecule has 98 valence electrons. The van der Waals surface area contributed by atoms with Crippen molar-refractivity contribution in [3.63, 3.8) is 0 Å². The van der Waals surface area contributed by atoms with Crippen molar-refractivity contribution >= 4 is 0 Å². The van der Waals surface area contributed by atoms with E-state index in [4.69, 9.17) is 4.74 Å². The third kappa shape index (κ3) is 2.68. The van der Waals surface area contributed by atoms with Gasteiger partial charge in [0.05, 0.1) is 6.10 Å². The average Bonchev–Trinajstić information content (AvgIpc) is 3.10. The number of rotatable bonds is 1. The van der Waals surface area contributed by atoms with Gasteiger partial charge in [0.15, 0.2) is 0 Å². The molecule has 2 nitrogen and oxygen atoms in total. The van der Waals surface area contributed by atoms with Gasteiger partial charge in [0.25, 0.3) is 0 Å². The Hall–Kier alpha value is -0.0800. The van der Waals surface area contributed by atoms with Gasteiger partial charge in [-0.2, -0.15) is 0 Å². The van der Waals surface area contributed by atoms with E-state index in [1.165, 1.54) is 57.9 Å². The van der Waals surface area contributed by atoms with E-state index in [1.54, 1.807) is 0 Å². The molecule has 1 heterocycles. The second kappa shape index (κ2) is 4.24. The lowest BCUT2D eigenvalue weighted by Gasteiger charge is -2.42. The molecule has 3 aliphatic rings. The SMILES string of the molecule is CC1(C)CCCC2(CC1)NCCC(C1CC1)O2. The van der Waals surface area contributed by atoms with Gasteiger partial charge in [0, 0.05) is 6.54 Å². The second-order valence-electron chi connectivity index (χ2n) is 7.22. The lowest BCUT2D eigenvalue weighted by atomic mass is 9.85. The average molecular weight is 237 g/mol. The first kappa shape index (κ1) is 12.0. The van der Waals surface area contributed by atoms with Gasteiger partial charge in [-0.05, 0) is 62.7 Å². The molecule has 0 aromatic rings. The molecule has 2 unspecified atom stereocenters. The summed E-state index contributed by atoms with van der Waals surface area (Å²) in [5, 5.41) is 3.70. The summed E-state index contributed by atoms with van der Waals surface area (Å²) in [5.41, 5.74) is 0.556. The van der Waals surface area contributed by atoms with Crippen LogP contribution in [0.15, 0.2) is 0 Å². The summed E-state index contributed by atoms with van der Waals surface area (Å²) < 4.78 is 6.50. The maximum Gasteiger partial charge on any atom is 0.119 e. The van der Waals surface area contributed by atoms with Crippen molar-refractivity contribution in [1.29, 1.82) is 0 Å². The van der Waals surface area contributed by atoms with Gasteiger partial charge < -0.3 is 4.74 Å². The van der Waals surface area contributed by atoms with Crippen LogP contribution in [0.25, 0.3) is 0 Å². The zero-order valence-corrected chi connectivity index (χ0v) is 11.4. The second-order valence-corrected chi connectivity index (χ2v) is 7.22. The molecule has 17 heavy (non-hydrogen) atoms. The van der Waals surface area contributed by atoms with Crippen molar-refractivity contribution in [2.75, 3.05) is 6.54 Å². The highest BCUT2D eigenvalue weighted by Gasteiger charge is 2.44. The van der Waals surface area contributed by atoms with Gasteiger partial charge >= 0.3 is 0 Å². The minimum absolute atomic E-state index is 0.0409. The van der Waals surface area contributed by atoms with Gasteiger partial charge in [0.1, 0.15) is 5.72 Å². The van der Waals surface area contributed by atoms with Crippen molar-refractivity contribution < 1.29 is 4.74 Å². The molecule has 1 aliphatic heterocycles. The maximum atomic E-state index is 6.50. The lowest BCUT2D eigenvalue weighted by Crippen LogP contribution is -2.55. The van der Waals surface area contributed by atoms with Crippen LogP contribution >= 0.6 is 0 Å². The first-order chi connectivity index (χ1) is 8.09. The molecular weight excluding hydrogens is 210 g/mol. The van der Waals surface area contributed by atoms with Crippen LogP contribution in [0.4, 0.5) is 0 Å². The first-order valence-electron chi connectivity index (χ1n) is 7.52. The molecule has 1 N–H and O–H groups in total. The Balaban J connectivity index is 1.67. The fraction of sp³-hybridized carbons (Fsp3) is 1.00. The summed E-state index contributed by atoms with van der Waals surface area (Å²) in [6.45, 7) is 5.99. The first-order valence-corrected chi connectivity index (χ1v) is 7.52. The van der Waals surface area contributed by atoms with E-state index in [-0.39, 0.29) is 5.72 Å². The molecule has 0 aromatic heterocycles. The topological polar surface area (TPSA) is 21.3 Å². The summed E-state index contributed by atoms with van der Waals surface area (Å²) in [6.07, 6.45) is 11.0. The molecule has 1 spiro atoms. The van der Waals surface area contributed by atoms with E-state index >= 15 is 0 Å². The lowest BCUT2D eigenvalue weighted by molar-refractivity contribution is -0.157. The highest BCUT2D eigenvalue weighted by Crippen LogP contribution is 2.44. The Kier molecular flexibility index (Phi) is 2.99. The molecule has 2 saturated carbocycles. The quantitative estimate of drug-likeness (QED) is 0.754. The summed E-state index contributed by atoms with van der Waals surface area (Å²) in [5.74, 6) is 0.894. The highest BCUT2D eigenvalue weighted by molar-refractivity contribution is 4.93. The van der Waals surface area contributed by atoms with Gasteiger partial charge in [-0.3, -0.25) is 5.32 Å². The van der Waals surface area contributed by atoms with Crippen LogP contribution in [-0.2, 0) is 4.74 Å². The van der Waals surface area contributed by atoms with Crippen molar-refractivity contribution in [3.05, 3.63) is 0 Å². The van der Waals surface area contributed by atoms with Crippen molar-refractivity contribution in [1.82, 2.24) is 5.32 Å². The van der Waals surface area contributed by atoms with Gasteiger partial charge in [-0.25, -0.2) is 0 Å². The van der Waals surface area contributed by atoms with Gasteiger partial charge in [-0.1, -0.05) is 13.8 Å². The summed E-state index contributed by atoms with van der Waals surface area (Å²) >= 11 is 0. The largest absolute Gasteiger partial charge is 0.357 e. The smallest absolute Gasteiger partial charge is 0.119 e. The zero-order valence-electron chi connectivity index (χ0n) is 11.4. The summed E-state index contributed by atoms with van der Waals surface area (Å²) in [6, 6.07) is 0. The fourth-order valence-electron chi connectivity index (χ4n) is 3.57. The zero-order chi connectivity index (χ0) is 11.9. The van der Waals surface area contributed by atoms with E-state index in [1.807, 2.05) is 0 Å². The molecule has 2 atom stereocenters. The van der Waals surface area contributed by atoms with Crippen molar-refractivity contribution in [3.8, 4) is 0 Å². The molecule has 2 heteroatoms. The van der Waals surface area contributed by atoms with Crippen molar-refractivity contribution in [2.24, 2.45) is 11.3 Å². The predicted octanol–water partition coefficient (Wildman–Crippen LogP) is 3.46. The number of ether oxygens (including phenoxy) is 1. The van der Waals surface area contributed by atoms with E-state index in [0.717, 1.165) is 5.92 Å². The standard InChI is InChI=1S/C15H27NO/c1-14(2)7-3-8-15(10-9-14)16-11-6-13(17-15)12-4-5-12/h12-13,16H,3-11H2,1-2H3. The van der Waals surface area contributed by atoms with E-state index in [0.29, 0.717) is 11.5 Å². The van der Waals surface area contributed by atoms with Gasteiger partial charge in [0.2, 0.25) is 0 Å². The third-order valence-corrected chi connectivity index (χ3v) is 5.04. The maximum absolute atomic E-state index is 6.50. The van der Waals surface area contributed by atoms with E-state index in [9.17, 15) is 0 Å². The molecule has 2 aliphatic carbocycles. The monoisotopic (exact) mass is 237 g/mol. The van der Waals surface area contributed by atoms with Gasteiger partial charge in [-0.15, -0.1) is 0 Å². The number of hydrogen-bond acceptors (Lipinski definition) is 2. The summed E-state index contributed by atoms with van der Waals surface area (Å²) in [4.78, 5) is 0. The highest BCUT2D eigenvalue weighted by atomic mass is 16.5. The van der Waals surface area contributed by atoms with Crippen LogP contribution < -0.4 is 5.32 Å². The molecular formula is C15H27NO. The molecule has 1 saturated heterocycles. The normalized spacial score (nSPS) is 42.4. The Bertz CT molecular complexity index is 285. The van der Waals surface area contributed by atoms with Crippen LogP contribution in [0.5, 0.6) is 0 Å². The molecule has 0 amide bonds. The third-order valence-electron chi connectivity index (χ3n) is 5.04.